The van der Waals surface area contributed by atoms with Crippen molar-refractivity contribution < 1.29 is 52.7 Å². The molecular weight excluding hydrogens is 632 g/mol. The highest BCUT2D eigenvalue weighted by molar-refractivity contribution is 6.31. The maximum absolute atomic E-state index is 12.3. The average molecular weight is 673 g/mol. The predicted molar refractivity (Wildman–Crippen MR) is 168 cm³/mol. The van der Waals surface area contributed by atoms with Gasteiger partial charge in [-0.15, -0.1) is 0 Å². The number of benzene rings is 2. The van der Waals surface area contributed by atoms with Crippen molar-refractivity contribution in [2.75, 3.05) is 13.7 Å². The number of ether oxygens (including phenoxy) is 6. The van der Waals surface area contributed by atoms with E-state index in [4.69, 9.17) is 40.0 Å². The topological polar surface area (TPSA) is 144 Å². The third-order valence-electron chi connectivity index (χ3n) is 9.57. The van der Waals surface area contributed by atoms with Crippen molar-refractivity contribution in [3.05, 3.63) is 69.7 Å². The van der Waals surface area contributed by atoms with Crippen LogP contribution in [0.5, 0.6) is 0 Å². The Hall–Kier alpha value is -3.67. The molecule has 0 aromatic heterocycles. The minimum atomic E-state index is -2.05. The van der Waals surface area contributed by atoms with Gasteiger partial charge in [0.2, 0.25) is 11.9 Å². The first kappa shape index (κ1) is 34.7. The van der Waals surface area contributed by atoms with Gasteiger partial charge in [-0.3, -0.25) is 14.4 Å². The van der Waals surface area contributed by atoms with Crippen molar-refractivity contribution in [1.82, 2.24) is 0 Å². The molecule has 1 heterocycles. The lowest BCUT2D eigenvalue weighted by atomic mass is 9.77. The Labute approximate surface area is 278 Å². The van der Waals surface area contributed by atoms with Crippen LogP contribution in [0.15, 0.2) is 42.5 Å². The summed E-state index contributed by atoms with van der Waals surface area (Å²) in [4.78, 5) is 48.2. The molecule has 0 amide bonds. The molecule has 1 unspecified atom stereocenters. The maximum atomic E-state index is 12.3. The molecule has 1 aliphatic heterocycles. The summed E-state index contributed by atoms with van der Waals surface area (Å²) in [7, 11) is 1.27. The van der Waals surface area contributed by atoms with Crippen LogP contribution in [-0.4, -0.2) is 67.3 Å². The summed E-state index contributed by atoms with van der Waals surface area (Å²) in [5.74, 6) is -3.73. The van der Waals surface area contributed by atoms with E-state index in [1.807, 2.05) is 0 Å². The molecule has 5 rings (SSSR count). The fourth-order valence-corrected chi connectivity index (χ4v) is 7.19. The van der Waals surface area contributed by atoms with Crippen molar-refractivity contribution in [3.63, 3.8) is 0 Å². The number of hydrogen-bond acceptors (Lipinski definition) is 10. The lowest BCUT2D eigenvalue weighted by molar-refractivity contribution is -0.367. The van der Waals surface area contributed by atoms with E-state index in [9.17, 15) is 24.3 Å². The number of rotatable bonds is 10. The first-order valence-electron chi connectivity index (χ1n) is 15.8. The summed E-state index contributed by atoms with van der Waals surface area (Å²) in [6.45, 7) is 2.97. The first-order valence-corrected chi connectivity index (χ1v) is 16.2. The van der Waals surface area contributed by atoms with E-state index in [1.165, 1.54) is 58.1 Å². The molecule has 0 radical (unpaired) electrons. The molecule has 1 spiro atoms. The summed E-state index contributed by atoms with van der Waals surface area (Å²) in [6, 6.07) is 13.4. The molecule has 254 valence electrons. The molecule has 2 saturated carbocycles. The van der Waals surface area contributed by atoms with Gasteiger partial charge < -0.3 is 33.5 Å². The van der Waals surface area contributed by atoms with Gasteiger partial charge in [0.25, 0.3) is 0 Å². The highest BCUT2D eigenvalue weighted by atomic mass is 35.5. The zero-order valence-electron chi connectivity index (χ0n) is 27.0. The Bertz CT molecular complexity index is 1480. The van der Waals surface area contributed by atoms with E-state index in [0.29, 0.717) is 28.3 Å². The molecule has 3 aliphatic rings. The van der Waals surface area contributed by atoms with Crippen LogP contribution in [0.4, 0.5) is 4.79 Å². The molecule has 2 aliphatic carbocycles. The summed E-state index contributed by atoms with van der Waals surface area (Å²) >= 11 is 6.68. The van der Waals surface area contributed by atoms with Crippen molar-refractivity contribution in [3.8, 4) is 0 Å². The Morgan fingerprint density at radius 3 is 2.06 bits per heavy atom. The molecular formula is C35H41ClO11. The van der Waals surface area contributed by atoms with Gasteiger partial charge in [-0.2, -0.15) is 0 Å². The second kappa shape index (κ2) is 14.2. The summed E-state index contributed by atoms with van der Waals surface area (Å²) in [6.07, 6.45) is 0.583. The van der Waals surface area contributed by atoms with E-state index >= 15 is 0 Å². The Kier molecular flexibility index (Phi) is 10.5. The van der Waals surface area contributed by atoms with Gasteiger partial charge in [0.1, 0.15) is 12.7 Å². The number of carboxylic acid groups (broad SMARTS) is 1. The van der Waals surface area contributed by atoms with Crippen LogP contribution >= 0.6 is 11.6 Å². The zero-order chi connectivity index (χ0) is 33.9. The van der Waals surface area contributed by atoms with Crippen molar-refractivity contribution in [2.24, 2.45) is 5.41 Å². The second-order valence-corrected chi connectivity index (χ2v) is 13.2. The van der Waals surface area contributed by atoms with Gasteiger partial charge in [-0.1, -0.05) is 41.9 Å². The van der Waals surface area contributed by atoms with Gasteiger partial charge in [0.05, 0.1) is 0 Å². The molecule has 0 bridgehead atoms. The number of carbonyl (C=O) groups is 4. The normalized spacial score (nSPS) is 26.7. The molecule has 1 saturated heterocycles. The van der Waals surface area contributed by atoms with Gasteiger partial charge in [-0.25, -0.2) is 4.79 Å². The fourth-order valence-electron chi connectivity index (χ4n) is 7.01. The lowest BCUT2D eigenvalue weighted by Crippen LogP contribution is -2.67. The molecule has 2 aromatic rings. The SMILES string of the molecule is COC1(c2ccc(Cl)c(Cc3ccc(C4CCC5(CC4)CC5)cc3)c2)O[C@H](COC(C)=O)[C@@H](OC(C)=O)[C@H](OC(C)=O)[C@H]1OC(=O)O. The Balaban J connectivity index is 1.48. The van der Waals surface area contributed by atoms with Crippen molar-refractivity contribution in [1.29, 1.82) is 0 Å². The van der Waals surface area contributed by atoms with E-state index < -0.39 is 60.9 Å². The monoisotopic (exact) mass is 672 g/mol. The van der Waals surface area contributed by atoms with Crippen LogP contribution in [-0.2, 0) is 55.0 Å². The molecule has 3 fully saturated rings. The highest BCUT2D eigenvalue weighted by Crippen LogP contribution is 2.58. The molecule has 11 nitrogen and oxygen atoms in total. The first-order chi connectivity index (χ1) is 22.3. The van der Waals surface area contributed by atoms with E-state index in [0.717, 1.165) is 19.4 Å². The quantitative estimate of drug-likeness (QED) is 0.232. The molecule has 1 N–H and O–H groups in total. The standard InChI is InChI=1S/C35H41ClO11/c1-20(37)43-19-29-30(44-21(2)38)31(45-22(3)39)32(46-33(40)41)35(42-4,47-29)27-9-10-28(36)26(18-27)17-23-5-7-24(8-6-23)25-11-13-34(14-12-25)15-16-34/h5-10,18,25,29-32H,11-17,19H2,1-4H3,(H,40,41)/t29-,30-,31+,32-,35?/m1/s1. The second-order valence-electron chi connectivity index (χ2n) is 12.8. The minimum Gasteiger partial charge on any atom is -0.463 e. The van der Waals surface area contributed by atoms with Crippen LogP contribution in [0, 0.1) is 5.41 Å². The Morgan fingerprint density at radius 1 is 0.872 bits per heavy atom. The maximum Gasteiger partial charge on any atom is 0.506 e. The molecule has 5 atom stereocenters. The van der Waals surface area contributed by atoms with Crippen LogP contribution in [0.25, 0.3) is 0 Å². The molecule has 12 heteroatoms. The summed E-state index contributed by atoms with van der Waals surface area (Å²) < 4.78 is 33.7. The van der Waals surface area contributed by atoms with Crippen LogP contribution < -0.4 is 0 Å². The third-order valence-corrected chi connectivity index (χ3v) is 9.94. The number of hydrogen-bond donors (Lipinski definition) is 1. The van der Waals surface area contributed by atoms with Crippen LogP contribution in [0.1, 0.15) is 87.5 Å². The number of carbonyl (C=O) groups excluding carboxylic acids is 3. The smallest absolute Gasteiger partial charge is 0.463 e. The molecule has 2 aromatic carbocycles. The van der Waals surface area contributed by atoms with E-state index in [2.05, 4.69) is 24.3 Å². The van der Waals surface area contributed by atoms with Gasteiger partial charge in [-0.05, 0) is 85.1 Å². The van der Waals surface area contributed by atoms with Gasteiger partial charge in [0, 0.05) is 38.5 Å². The summed E-state index contributed by atoms with van der Waals surface area (Å²) in [5.41, 5.74) is 3.95. The van der Waals surface area contributed by atoms with E-state index in [-0.39, 0.29) is 5.56 Å². The van der Waals surface area contributed by atoms with Gasteiger partial charge >= 0.3 is 24.1 Å². The summed E-state index contributed by atoms with van der Waals surface area (Å²) in [5, 5.41) is 10.2. The average Bonchev–Trinajstić information content (AvgIpc) is 3.78. The van der Waals surface area contributed by atoms with Crippen LogP contribution in [0.3, 0.4) is 0 Å². The van der Waals surface area contributed by atoms with Crippen molar-refractivity contribution >= 4 is 35.7 Å². The van der Waals surface area contributed by atoms with Crippen LogP contribution in [0.2, 0.25) is 5.02 Å². The number of halogens is 1. The number of methoxy groups -OCH3 is 1. The van der Waals surface area contributed by atoms with Crippen molar-refractivity contribution in [2.45, 2.75) is 102 Å². The third kappa shape index (κ3) is 7.90. The predicted octanol–water partition coefficient (Wildman–Crippen LogP) is 6.06. The highest BCUT2D eigenvalue weighted by Gasteiger charge is 2.62. The zero-order valence-corrected chi connectivity index (χ0v) is 27.7. The van der Waals surface area contributed by atoms with E-state index in [1.54, 1.807) is 18.2 Å². The largest absolute Gasteiger partial charge is 0.506 e. The lowest BCUT2D eigenvalue weighted by Gasteiger charge is -2.50. The molecule has 47 heavy (non-hydrogen) atoms. The minimum absolute atomic E-state index is 0.282. The fraction of sp³-hybridized carbons (Fsp3) is 0.543. The van der Waals surface area contributed by atoms with Gasteiger partial charge in [0.15, 0.2) is 12.2 Å². The number of esters is 3. The Morgan fingerprint density at radius 2 is 1.51 bits per heavy atom.